The van der Waals surface area contributed by atoms with Gasteiger partial charge in [0.25, 0.3) is 10.0 Å². The summed E-state index contributed by atoms with van der Waals surface area (Å²) in [7, 11) is -1.84. The first-order chi connectivity index (χ1) is 11.9. The normalized spacial score (nSPS) is 21.3. The van der Waals surface area contributed by atoms with Crippen LogP contribution in [0.4, 0.5) is 0 Å². The van der Waals surface area contributed by atoms with Gasteiger partial charge in [-0.3, -0.25) is 4.79 Å². The highest BCUT2D eigenvalue weighted by atomic mass is 32.2. The number of ether oxygens (including phenoxy) is 1. The van der Waals surface area contributed by atoms with Gasteiger partial charge in [0.1, 0.15) is 5.82 Å². The van der Waals surface area contributed by atoms with Crippen molar-refractivity contribution in [2.45, 2.75) is 31.2 Å². The molecule has 2 fully saturated rings. The van der Waals surface area contributed by atoms with Crippen LogP contribution in [0.2, 0.25) is 0 Å². The quantitative estimate of drug-likeness (QED) is 0.768. The number of imidazole rings is 1. The van der Waals surface area contributed by atoms with E-state index in [1.165, 1.54) is 4.31 Å². The van der Waals surface area contributed by atoms with Crippen molar-refractivity contribution in [3.05, 3.63) is 12.0 Å². The number of carbonyl (C=O) groups is 1. The third-order valence-electron chi connectivity index (χ3n) is 5.03. The summed E-state index contributed by atoms with van der Waals surface area (Å²) >= 11 is 0. The molecule has 1 aromatic rings. The van der Waals surface area contributed by atoms with E-state index in [0.717, 1.165) is 12.8 Å². The smallest absolute Gasteiger partial charge is 0.262 e. The van der Waals surface area contributed by atoms with Gasteiger partial charge in [-0.2, -0.15) is 4.31 Å². The minimum atomic E-state index is -3.62. The van der Waals surface area contributed by atoms with Crippen LogP contribution < -0.4 is 0 Å². The number of rotatable bonds is 3. The lowest BCUT2D eigenvalue weighted by Crippen LogP contribution is -2.41. The molecule has 2 aliphatic rings. The molecule has 0 spiro atoms. The highest BCUT2D eigenvalue weighted by Crippen LogP contribution is 2.21. The number of aryl methyl sites for hydroxylation is 2. The molecule has 0 unspecified atom stereocenters. The van der Waals surface area contributed by atoms with Gasteiger partial charge in [0.05, 0.1) is 0 Å². The zero-order valence-corrected chi connectivity index (χ0v) is 15.7. The van der Waals surface area contributed by atoms with E-state index in [9.17, 15) is 13.2 Å². The van der Waals surface area contributed by atoms with E-state index < -0.39 is 10.0 Å². The molecule has 0 bridgehead atoms. The van der Waals surface area contributed by atoms with E-state index in [1.807, 2.05) is 4.90 Å². The van der Waals surface area contributed by atoms with Crippen molar-refractivity contribution in [3.8, 4) is 0 Å². The van der Waals surface area contributed by atoms with Gasteiger partial charge in [-0.05, 0) is 26.2 Å². The molecule has 0 saturated carbocycles. The highest BCUT2D eigenvalue weighted by molar-refractivity contribution is 7.89. The number of hydrogen-bond acceptors (Lipinski definition) is 5. The number of aromatic nitrogens is 2. The summed E-state index contributed by atoms with van der Waals surface area (Å²) in [6, 6.07) is 0. The molecule has 3 heterocycles. The lowest BCUT2D eigenvalue weighted by Gasteiger charge is -2.28. The molecule has 0 atom stereocenters. The van der Waals surface area contributed by atoms with E-state index in [4.69, 9.17) is 4.74 Å². The molecule has 1 aromatic heterocycles. The van der Waals surface area contributed by atoms with Crippen molar-refractivity contribution >= 4 is 15.9 Å². The average molecular weight is 370 g/mol. The Balaban J connectivity index is 1.67. The van der Waals surface area contributed by atoms with Crippen LogP contribution in [0.25, 0.3) is 0 Å². The molecule has 25 heavy (non-hydrogen) atoms. The van der Waals surface area contributed by atoms with Crippen molar-refractivity contribution in [1.82, 2.24) is 18.8 Å². The first kappa shape index (κ1) is 18.3. The fraction of sp³-hybridized carbons (Fsp3) is 0.750. The van der Waals surface area contributed by atoms with Crippen molar-refractivity contribution in [3.63, 3.8) is 0 Å². The Bertz CT molecular complexity index is 705. The van der Waals surface area contributed by atoms with Gasteiger partial charge in [-0.1, -0.05) is 0 Å². The topological polar surface area (TPSA) is 84.7 Å². The lowest BCUT2D eigenvalue weighted by atomic mass is 9.98. The number of hydrogen-bond donors (Lipinski definition) is 0. The predicted octanol–water partition coefficient (Wildman–Crippen LogP) is 0.378. The second-order valence-corrected chi connectivity index (χ2v) is 8.59. The second-order valence-electron chi connectivity index (χ2n) is 6.71. The van der Waals surface area contributed by atoms with Crippen molar-refractivity contribution in [2.24, 2.45) is 13.0 Å². The number of amides is 1. The maximum Gasteiger partial charge on any atom is 0.262 e. The second kappa shape index (κ2) is 7.43. The summed E-state index contributed by atoms with van der Waals surface area (Å²) in [5.74, 6) is 0.802. The standard InChI is InChI=1S/C16H26N4O4S/c1-13-17-15(12-18(13)2)25(22,23)20-7-3-6-19(8-9-20)16(21)14-4-10-24-11-5-14/h12,14H,3-11H2,1-2H3. The summed E-state index contributed by atoms with van der Waals surface area (Å²) in [4.78, 5) is 18.6. The van der Waals surface area contributed by atoms with Gasteiger partial charge in [0, 0.05) is 58.6 Å². The van der Waals surface area contributed by atoms with Gasteiger partial charge >= 0.3 is 0 Å². The Kier molecular flexibility index (Phi) is 5.45. The number of sulfonamides is 1. The van der Waals surface area contributed by atoms with Gasteiger partial charge in [0.2, 0.25) is 5.91 Å². The van der Waals surface area contributed by atoms with Crippen LogP contribution in [-0.2, 0) is 26.6 Å². The Hall–Kier alpha value is -1.45. The van der Waals surface area contributed by atoms with Gasteiger partial charge in [-0.15, -0.1) is 0 Å². The van der Waals surface area contributed by atoms with Crippen molar-refractivity contribution in [2.75, 3.05) is 39.4 Å². The SMILES string of the molecule is Cc1nc(S(=O)(=O)N2CCCN(C(=O)C3CCOCC3)CC2)cn1C. The monoisotopic (exact) mass is 370 g/mol. The Morgan fingerprint density at radius 2 is 1.92 bits per heavy atom. The molecule has 8 nitrogen and oxygen atoms in total. The summed E-state index contributed by atoms with van der Waals surface area (Å²) in [5, 5.41) is 0.0803. The molecule has 0 radical (unpaired) electrons. The molecule has 2 saturated heterocycles. The Morgan fingerprint density at radius 3 is 2.56 bits per heavy atom. The third kappa shape index (κ3) is 3.88. The largest absolute Gasteiger partial charge is 0.381 e. The molecule has 0 aliphatic carbocycles. The maximum absolute atomic E-state index is 12.8. The number of nitrogens with zero attached hydrogens (tertiary/aromatic N) is 4. The zero-order chi connectivity index (χ0) is 18.0. The fourth-order valence-electron chi connectivity index (χ4n) is 3.34. The van der Waals surface area contributed by atoms with E-state index in [2.05, 4.69) is 4.98 Å². The van der Waals surface area contributed by atoms with Crippen molar-refractivity contribution in [1.29, 1.82) is 0 Å². The van der Waals surface area contributed by atoms with Crippen molar-refractivity contribution < 1.29 is 17.9 Å². The van der Waals surface area contributed by atoms with Crippen LogP contribution in [0.15, 0.2) is 11.2 Å². The Labute approximate surface area is 148 Å². The van der Waals surface area contributed by atoms with E-state index >= 15 is 0 Å². The molecule has 1 amide bonds. The van der Waals surface area contributed by atoms with E-state index in [-0.39, 0.29) is 16.9 Å². The molecule has 0 aromatic carbocycles. The molecule has 140 valence electrons. The molecular weight excluding hydrogens is 344 g/mol. The minimum absolute atomic E-state index is 0.00958. The minimum Gasteiger partial charge on any atom is -0.381 e. The van der Waals surface area contributed by atoms with Crippen LogP contribution in [0.1, 0.15) is 25.1 Å². The summed E-state index contributed by atoms with van der Waals surface area (Å²) in [5.41, 5.74) is 0. The molecule has 3 rings (SSSR count). The molecule has 0 N–H and O–H groups in total. The lowest BCUT2D eigenvalue weighted by molar-refractivity contribution is -0.138. The van der Waals surface area contributed by atoms with E-state index in [1.54, 1.807) is 24.7 Å². The number of carbonyl (C=O) groups excluding carboxylic acids is 1. The van der Waals surface area contributed by atoms with Crippen LogP contribution in [0, 0.1) is 12.8 Å². The summed E-state index contributed by atoms with van der Waals surface area (Å²) in [6.45, 7) is 4.79. The molecular formula is C16H26N4O4S. The maximum atomic E-state index is 12.8. The predicted molar refractivity (Wildman–Crippen MR) is 91.4 cm³/mol. The average Bonchev–Trinajstić information content (AvgIpc) is 2.82. The van der Waals surface area contributed by atoms with Crippen LogP contribution >= 0.6 is 0 Å². The molecule has 9 heteroatoms. The van der Waals surface area contributed by atoms with E-state index in [0.29, 0.717) is 51.6 Å². The van der Waals surface area contributed by atoms with Crippen LogP contribution in [0.5, 0.6) is 0 Å². The first-order valence-electron chi connectivity index (χ1n) is 8.76. The summed E-state index contributed by atoms with van der Waals surface area (Å²) in [6.07, 6.45) is 3.69. The van der Waals surface area contributed by atoms with Gasteiger partial charge < -0.3 is 14.2 Å². The highest BCUT2D eigenvalue weighted by Gasteiger charge is 2.32. The van der Waals surface area contributed by atoms with Crippen LogP contribution in [-0.4, -0.2) is 72.5 Å². The fourth-order valence-corrected chi connectivity index (χ4v) is 4.83. The molecule has 2 aliphatic heterocycles. The zero-order valence-electron chi connectivity index (χ0n) is 14.8. The van der Waals surface area contributed by atoms with Gasteiger partial charge in [0.15, 0.2) is 5.03 Å². The first-order valence-corrected chi connectivity index (χ1v) is 10.2. The van der Waals surface area contributed by atoms with Crippen LogP contribution in [0.3, 0.4) is 0 Å². The summed E-state index contributed by atoms with van der Waals surface area (Å²) < 4.78 is 34.1. The van der Waals surface area contributed by atoms with Gasteiger partial charge in [-0.25, -0.2) is 13.4 Å². The third-order valence-corrected chi connectivity index (χ3v) is 6.80. The Morgan fingerprint density at radius 1 is 1.20 bits per heavy atom.